The summed E-state index contributed by atoms with van der Waals surface area (Å²) in [7, 11) is 0. The van der Waals surface area contributed by atoms with E-state index in [1.165, 1.54) is 12.3 Å². The van der Waals surface area contributed by atoms with Gasteiger partial charge in [-0.1, -0.05) is 12.1 Å². The lowest BCUT2D eigenvalue weighted by Gasteiger charge is -2.09. The lowest BCUT2D eigenvalue weighted by atomic mass is 10.0. The normalized spacial score (nSPS) is 11.6. The van der Waals surface area contributed by atoms with Crippen LogP contribution in [0.2, 0.25) is 0 Å². The van der Waals surface area contributed by atoms with E-state index in [4.69, 9.17) is 5.73 Å². The van der Waals surface area contributed by atoms with Crippen LogP contribution in [0, 0.1) is 3.57 Å². The highest BCUT2D eigenvalue weighted by molar-refractivity contribution is 14.1. The molecule has 0 saturated heterocycles. The number of benzene rings is 1. The summed E-state index contributed by atoms with van der Waals surface area (Å²) >= 11 is 1.99. The molecule has 2 aromatic rings. The quantitative estimate of drug-likeness (QED) is 0.779. The number of nitrogen functional groups attached to an aromatic ring is 1. The van der Waals surface area contributed by atoms with Crippen LogP contribution in [0.4, 0.5) is 19.0 Å². The van der Waals surface area contributed by atoms with Gasteiger partial charge in [-0.15, -0.1) is 0 Å². The van der Waals surface area contributed by atoms with Gasteiger partial charge in [-0.2, -0.15) is 13.2 Å². The van der Waals surface area contributed by atoms with E-state index in [0.717, 1.165) is 12.1 Å². The van der Waals surface area contributed by atoms with E-state index in [0.29, 0.717) is 20.5 Å². The van der Waals surface area contributed by atoms with Crippen molar-refractivity contribution in [1.29, 1.82) is 0 Å². The van der Waals surface area contributed by atoms with Crippen LogP contribution in [0.25, 0.3) is 11.1 Å². The zero-order valence-electron chi connectivity index (χ0n) is 9.00. The van der Waals surface area contributed by atoms with Crippen molar-refractivity contribution >= 4 is 28.4 Å². The van der Waals surface area contributed by atoms with Crippen LogP contribution in [0.3, 0.4) is 0 Å². The zero-order valence-corrected chi connectivity index (χ0v) is 11.2. The fourth-order valence-corrected chi connectivity index (χ4v) is 1.96. The Kier molecular flexibility index (Phi) is 3.47. The Morgan fingerprint density at radius 3 is 2.44 bits per heavy atom. The average molecular weight is 364 g/mol. The van der Waals surface area contributed by atoms with Crippen molar-refractivity contribution in [1.82, 2.24) is 4.98 Å². The van der Waals surface area contributed by atoms with Gasteiger partial charge in [-0.3, -0.25) is 0 Å². The van der Waals surface area contributed by atoms with Crippen molar-refractivity contribution < 1.29 is 13.2 Å². The Morgan fingerprint density at radius 2 is 1.83 bits per heavy atom. The molecule has 2 N–H and O–H groups in total. The molecule has 1 aromatic carbocycles. The second kappa shape index (κ2) is 4.75. The van der Waals surface area contributed by atoms with Crippen LogP contribution in [0.15, 0.2) is 36.5 Å². The molecule has 2 nitrogen and oxygen atoms in total. The molecule has 0 amide bonds. The first-order chi connectivity index (χ1) is 8.38. The maximum Gasteiger partial charge on any atom is 0.416 e. The topological polar surface area (TPSA) is 38.9 Å². The third-order valence-corrected chi connectivity index (χ3v) is 3.26. The number of aromatic nitrogens is 1. The van der Waals surface area contributed by atoms with Gasteiger partial charge in [0.1, 0.15) is 5.82 Å². The molecule has 0 radical (unpaired) electrons. The average Bonchev–Trinajstić information content (AvgIpc) is 2.32. The minimum Gasteiger partial charge on any atom is -0.383 e. The summed E-state index contributed by atoms with van der Waals surface area (Å²) in [5.74, 6) is 0.367. The molecule has 2 rings (SSSR count). The van der Waals surface area contributed by atoms with Crippen LogP contribution in [0.1, 0.15) is 5.56 Å². The molecule has 0 atom stereocenters. The molecule has 6 heteroatoms. The monoisotopic (exact) mass is 364 g/mol. The number of nitrogens with zero attached hydrogens (tertiary/aromatic N) is 1. The smallest absolute Gasteiger partial charge is 0.383 e. The Hall–Kier alpha value is -1.31. The van der Waals surface area contributed by atoms with Gasteiger partial charge in [0, 0.05) is 11.8 Å². The Morgan fingerprint density at radius 1 is 1.11 bits per heavy atom. The maximum atomic E-state index is 12.6. The maximum absolute atomic E-state index is 12.6. The third kappa shape index (κ3) is 2.74. The van der Waals surface area contributed by atoms with E-state index in [9.17, 15) is 13.2 Å². The lowest BCUT2D eigenvalue weighted by molar-refractivity contribution is -0.137. The molecule has 0 saturated carbocycles. The molecule has 0 unspecified atom stereocenters. The number of anilines is 1. The fourth-order valence-electron chi connectivity index (χ4n) is 1.48. The number of nitrogens with two attached hydrogens (primary N) is 1. The summed E-state index contributed by atoms with van der Waals surface area (Å²) in [6.45, 7) is 0. The standard InChI is InChI=1S/C12H8F3IN2/c13-12(14,15)9-3-1-2-7(4-9)8-5-10(16)11(17)18-6-8/h1-6H,(H2,17,18). The van der Waals surface area contributed by atoms with Gasteiger partial charge in [0.15, 0.2) is 0 Å². The lowest BCUT2D eigenvalue weighted by Crippen LogP contribution is -2.04. The predicted octanol–water partition coefficient (Wildman–Crippen LogP) is 3.95. The molecule has 18 heavy (non-hydrogen) atoms. The summed E-state index contributed by atoms with van der Waals surface area (Å²) in [5.41, 5.74) is 5.97. The summed E-state index contributed by atoms with van der Waals surface area (Å²) in [5, 5.41) is 0. The number of hydrogen-bond donors (Lipinski definition) is 1. The second-order valence-corrected chi connectivity index (χ2v) is 4.83. The van der Waals surface area contributed by atoms with Gasteiger partial charge >= 0.3 is 6.18 Å². The van der Waals surface area contributed by atoms with E-state index in [1.54, 1.807) is 12.1 Å². The number of rotatable bonds is 1. The van der Waals surface area contributed by atoms with Crippen molar-refractivity contribution in [2.24, 2.45) is 0 Å². The van der Waals surface area contributed by atoms with Crippen LogP contribution in [-0.4, -0.2) is 4.98 Å². The van der Waals surface area contributed by atoms with Crippen molar-refractivity contribution in [3.8, 4) is 11.1 Å². The number of hydrogen-bond acceptors (Lipinski definition) is 2. The van der Waals surface area contributed by atoms with Gasteiger partial charge in [-0.25, -0.2) is 4.98 Å². The van der Waals surface area contributed by atoms with Crippen LogP contribution in [-0.2, 0) is 6.18 Å². The van der Waals surface area contributed by atoms with Crippen LogP contribution < -0.4 is 5.73 Å². The third-order valence-electron chi connectivity index (χ3n) is 2.39. The molecular formula is C12H8F3IN2. The molecule has 1 aromatic heterocycles. The molecule has 0 aliphatic heterocycles. The Labute approximate surface area is 115 Å². The largest absolute Gasteiger partial charge is 0.416 e. The number of halogens is 4. The highest BCUT2D eigenvalue weighted by atomic mass is 127. The first-order valence-corrected chi connectivity index (χ1v) is 6.04. The minimum atomic E-state index is -4.34. The van der Waals surface area contributed by atoms with Crippen molar-refractivity contribution in [3.05, 3.63) is 45.7 Å². The van der Waals surface area contributed by atoms with Crippen molar-refractivity contribution in [2.45, 2.75) is 6.18 Å². The Balaban J connectivity index is 2.48. The number of alkyl halides is 3. The molecule has 0 fully saturated rings. The van der Waals surface area contributed by atoms with Crippen molar-refractivity contribution in [2.75, 3.05) is 5.73 Å². The van der Waals surface area contributed by atoms with Crippen molar-refractivity contribution in [3.63, 3.8) is 0 Å². The van der Waals surface area contributed by atoms with Gasteiger partial charge in [0.05, 0.1) is 9.13 Å². The Bertz CT molecular complexity index is 582. The van der Waals surface area contributed by atoms with Gasteiger partial charge in [0.25, 0.3) is 0 Å². The van der Waals surface area contributed by atoms with Gasteiger partial charge in [-0.05, 0) is 46.4 Å². The summed E-state index contributed by atoms with van der Waals surface area (Å²) < 4.78 is 38.5. The van der Waals surface area contributed by atoms with E-state index >= 15 is 0 Å². The fraction of sp³-hybridized carbons (Fsp3) is 0.0833. The summed E-state index contributed by atoms with van der Waals surface area (Å²) in [4.78, 5) is 3.94. The highest BCUT2D eigenvalue weighted by Gasteiger charge is 2.30. The second-order valence-electron chi connectivity index (χ2n) is 3.67. The van der Waals surface area contributed by atoms with Crippen LogP contribution in [0.5, 0.6) is 0 Å². The summed E-state index contributed by atoms with van der Waals surface area (Å²) in [6, 6.07) is 6.83. The predicted molar refractivity (Wildman–Crippen MR) is 71.8 cm³/mol. The molecule has 0 spiro atoms. The first kappa shape index (κ1) is 13.1. The van der Waals surface area contributed by atoms with Gasteiger partial charge < -0.3 is 5.73 Å². The highest BCUT2D eigenvalue weighted by Crippen LogP contribution is 2.32. The van der Waals surface area contributed by atoms with E-state index in [1.807, 2.05) is 22.6 Å². The molecule has 0 aliphatic rings. The van der Waals surface area contributed by atoms with E-state index in [-0.39, 0.29) is 0 Å². The first-order valence-electron chi connectivity index (χ1n) is 4.96. The minimum absolute atomic E-state index is 0.367. The number of pyridine rings is 1. The molecule has 0 aliphatic carbocycles. The molecule has 0 bridgehead atoms. The SMILES string of the molecule is Nc1ncc(-c2cccc(C(F)(F)F)c2)cc1I. The zero-order chi connectivity index (χ0) is 13.3. The molecule has 1 heterocycles. The van der Waals surface area contributed by atoms with Crippen LogP contribution >= 0.6 is 22.6 Å². The van der Waals surface area contributed by atoms with E-state index < -0.39 is 11.7 Å². The summed E-state index contributed by atoms with van der Waals surface area (Å²) in [6.07, 6.45) is -2.88. The van der Waals surface area contributed by atoms with Gasteiger partial charge in [0.2, 0.25) is 0 Å². The molecular weight excluding hydrogens is 356 g/mol. The molecule has 94 valence electrons. The van der Waals surface area contributed by atoms with E-state index in [2.05, 4.69) is 4.98 Å².